The van der Waals surface area contributed by atoms with Gasteiger partial charge in [-0.1, -0.05) is 62.4 Å². The smallest absolute Gasteiger partial charge is 0.226 e. The van der Waals surface area contributed by atoms with E-state index in [1.54, 1.807) is 48.7 Å². The van der Waals surface area contributed by atoms with Gasteiger partial charge < -0.3 is 9.90 Å². The van der Waals surface area contributed by atoms with E-state index in [9.17, 15) is 20.0 Å². The van der Waals surface area contributed by atoms with Crippen molar-refractivity contribution in [1.29, 1.82) is 0 Å². The molecule has 1 heterocycles. The Morgan fingerprint density at radius 1 is 1.20 bits per heavy atom. The number of hydrogen-bond donors (Lipinski definition) is 1. The standard InChI is InChI=1S/C23H27ClN2O4/c1-2-3-4-5-8-18-22(26(29)30)21(16-10-12-17(24)13-11-16)19(15-27)23(18,28)20-9-6-7-14-25-20/h6-7,9-15,18-19,21-22,28H,2-5,8H2,1H3/t18-,19+,21+,22-,23-/m0/s1. The molecule has 30 heavy (non-hydrogen) atoms. The number of nitro groups is 1. The van der Waals surface area contributed by atoms with E-state index in [0.717, 1.165) is 25.7 Å². The van der Waals surface area contributed by atoms with E-state index in [0.29, 0.717) is 29.0 Å². The molecule has 1 aliphatic carbocycles. The highest BCUT2D eigenvalue weighted by Crippen LogP contribution is 2.56. The van der Waals surface area contributed by atoms with Crippen molar-refractivity contribution in [2.24, 2.45) is 11.8 Å². The van der Waals surface area contributed by atoms with Gasteiger partial charge in [-0.05, 0) is 36.2 Å². The number of aldehydes is 1. The molecule has 160 valence electrons. The molecule has 0 amide bonds. The summed E-state index contributed by atoms with van der Waals surface area (Å²) in [5.41, 5.74) is -0.772. The van der Waals surface area contributed by atoms with E-state index in [1.807, 2.05) is 0 Å². The number of aromatic nitrogens is 1. The van der Waals surface area contributed by atoms with Crippen LogP contribution >= 0.6 is 11.6 Å². The molecule has 2 aromatic rings. The summed E-state index contributed by atoms with van der Waals surface area (Å²) in [7, 11) is 0. The summed E-state index contributed by atoms with van der Waals surface area (Å²) >= 11 is 6.00. The highest BCUT2D eigenvalue weighted by atomic mass is 35.5. The van der Waals surface area contributed by atoms with Crippen LogP contribution in [-0.4, -0.2) is 27.3 Å². The predicted octanol–water partition coefficient (Wildman–Crippen LogP) is 4.77. The number of rotatable bonds is 9. The molecule has 0 aliphatic heterocycles. The number of halogens is 1. The minimum absolute atomic E-state index is 0.311. The maximum absolute atomic E-state index is 12.3. The Bertz CT molecular complexity index is 861. The number of carbonyl (C=O) groups is 1. The van der Waals surface area contributed by atoms with E-state index in [1.165, 1.54) is 0 Å². The van der Waals surface area contributed by atoms with E-state index in [4.69, 9.17) is 11.6 Å². The Morgan fingerprint density at radius 3 is 2.50 bits per heavy atom. The largest absolute Gasteiger partial charge is 0.382 e. The number of carbonyl (C=O) groups excluding carboxylic acids is 1. The van der Waals surface area contributed by atoms with E-state index in [-0.39, 0.29) is 4.92 Å². The highest BCUT2D eigenvalue weighted by molar-refractivity contribution is 6.30. The summed E-state index contributed by atoms with van der Waals surface area (Å²) in [6.07, 6.45) is 6.39. The number of aliphatic hydroxyl groups is 1. The molecule has 0 spiro atoms. The molecule has 0 bridgehead atoms. The lowest BCUT2D eigenvalue weighted by molar-refractivity contribution is -0.534. The molecular formula is C23H27ClN2O4. The van der Waals surface area contributed by atoms with Crippen LogP contribution in [0.2, 0.25) is 5.02 Å². The number of benzene rings is 1. The Kier molecular flexibility index (Phi) is 7.21. The minimum Gasteiger partial charge on any atom is -0.382 e. The molecule has 1 aromatic carbocycles. The Balaban J connectivity index is 2.12. The van der Waals surface area contributed by atoms with Crippen molar-refractivity contribution in [3.8, 4) is 0 Å². The molecule has 1 fully saturated rings. The quantitative estimate of drug-likeness (QED) is 0.268. The van der Waals surface area contributed by atoms with Crippen molar-refractivity contribution in [2.75, 3.05) is 0 Å². The van der Waals surface area contributed by atoms with Crippen LogP contribution < -0.4 is 0 Å². The number of pyridine rings is 1. The summed E-state index contributed by atoms with van der Waals surface area (Å²) in [4.78, 5) is 28.5. The average molecular weight is 431 g/mol. The van der Waals surface area contributed by atoms with Gasteiger partial charge in [0.2, 0.25) is 6.04 Å². The Morgan fingerprint density at radius 2 is 1.93 bits per heavy atom. The molecule has 0 radical (unpaired) electrons. The van der Waals surface area contributed by atoms with E-state index in [2.05, 4.69) is 11.9 Å². The van der Waals surface area contributed by atoms with Gasteiger partial charge in [-0.15, -0.1) is 0 Å². The van der Waals surface area contributed by atoms with Crippen molar-refractivity contribution >= 4 is 17.9 Å². The average Bonchev–Trinajstić information content (AvgIpc) is 3.01. The molecule has 1 aliphatic rings. The SMILES string of the molecule is CCCCCC[C@H]1[C@H]([N+](=O)[O-])[C@H](c2ccc(Cl)cc2)[C@@H](C=O)[C@]1(O)c1ccccn1. The second kappa shape index (κ2) is 9.67. The molecule has 1 aromatic heterocycles. The lowest BCUT2D eigenvalue weighted by Crippen LogP contribution is -2.41. The van der Waals surface area contributed by atoms with Gasteiger partial charge in [0, 0.05) is 16.1 Å². The third kappa shape index (κ3) is 4.12. The Hall–Kier alpha value is -2.31. The molecule has 7 heteroatoms. The van der Waals surface area contributed by atoms with Gasteiger partial charge in [-0.3, -0.25) is 15.1 Å². The molecule has 5 atom stereocenters. The van der Waals surface area contributed by atoms with E-state index >= 15 is 0 Å². The van der Waals surface area contributed by atoms with Gasteiger partial charge in [-0.2, -0.15) is 0 Å². The summed E-state index contributed by atoms with van der Waals surface area (Å²) in [6.45, 7) is 2.10. The van der Waals surface area contributed by atoms with Crippen molar-refractivity contribution in [3.05, 3.63) is 75.1 Å². The number of unbranched alkanes of at least 4 members (excludes halogenated alkanes) is 3. The predicted molar refractivity (Wildman–Crippen MR) is 115 cm³/mol. The molecule has 3 rings (SSSR count). The third-order valence-electron chi connectivity index (χ3n) is 6.33. The zero-order valence-corrected chi connectivity index (χ0v) is 17.7. The van der Waals surface area contributed by atoms with Crippen molar-refractivity contribution in [3.63, 3.8) is 0 Å². The summed E-state index contributed by atoms with van der Waals surface area (Å²) in [5, 5.41) is 24.7. The lowest BCUT2D eigenvalue weighted by atomic mass is 9.77. The Labute approximate surface area is 181 Å². The maximum atomic E-state index is 12.3. The van der Waals surface area contributed by atoms with Crippen LogP contribution in [0.5, 0.6) is 0 Å². The van der Waals surface area contributed by atoms with Crippen LogP contribution in [0.3, 0.4) is 0 Å². The monoisotopic (exact) mass is 430 g/mol. The van der Waals surface area contributed by atoms with Crippen LogP contribution in [0.15, 0.2) is 48.7 Å². The van der Waals surface area contributed by atoms with Crippen LogP contribution in [-0.2, 0) is 10.4 Å². The molecule has 1 saturated carbocycles. The van der Waals surface area contributed by atoms with Crippen molar-refractivity contribution in [1.82, 2.24) is 4.98 Å². The van der Waals surface area contributed by atoms with Crippen molar-refractivity contribution in [2.45, 2.75) is 56.6 Å². The minimum atomic E-state index is -1.71. The van der Waals surface area contributed by atoms with Crippen LogP contribution in [0, 0.1) is 22.0 Å². The van der Waals surface area contributed by atoms with Crippen LogP contribution in [0.4, 0.5) is 0 Å². The first-order valence-electron chi connectivity index (χ1n) is 10.4. The van der Waals surface area contributed by atoms with Gasteiger partial charge in [-0.25, -0.2) is 0 Å². The second-order valence-electron chi connectivity index (χ2n) is 8.01. The van der Waals surface area contributed by atoms with Gasteiger partial charge in [0.25, 0.3) is 0 Å². The van der Waals surface area contributed by atoms with Gasteiger partial charge in [0.1, 0.15) is 11.9 Å². The first-order valence-corrected chi connectivity index (χ1v) is 10.8. The molecular weight excluding hydrogens is 404 g/mol. The lowest BCUT2D eigenvalue weighted by Gasteiger charge is -2.32. The molecule has 1 N–H and O–H groups in total. The zero-order chi connectivity index (χ0) is 21.7. The normalized spacial score (nSPS) is 28.4. The summed E-state index contributed by atoms with van der Waals surface area (Å²) < 4.78 is 0. The van der Waals surface area contributed by atoms with Crippen LogP contribution in [0.1, 0.15) is 56.2 Å². The fourth-order valence-electron chi connectivity index (χ4n) is 4.94. The fraction of sp³-hybridized carbons (Fsp3) is 0.478. The molecule has 0 saturated heterocycles. The van der Waals surface area contributed by atoms with E-state index < -0.39 is 29.4 Å². The molecule has 6 nitrogen and oxygen atoms in total. The van der Waals surface area contributed by atoms with Gasteiger partial charge >= 0.3 is 0 Å². The first-order chi connectivity index (χ1) is 14.4. The maximum Gasteiger partial charge on any atom is 0.226 e. The van der Waals surface area contributed by atoms with Gasteiger partial charge in [0.05, 0.1) is 23.4 Å². The van der Waals surface area contributed by atoms with Crippen molar-refractivity contribution < 1.29 is 14.8 Å². The number of hydrogen-bond acceptors (Lipinski definition) is 5. The zero-order valence-electron chi connectivity index (χ0n) is 17.0. The third-order valence-corrected chi connectivity index (χ3v) is 6.58. The highest BCUT2D eigenvalue weighted by Gasteiger charge is 2.66. The topological polar surface area (TPSA) is 93.3 Å². The van der Waals surface area contributed by atoms with Gasteiger partial charge in [0.15, 0.2) is 0 Å². The van der Waals surface area contributed by atoms with Crippen LogP contribution in [0.25, 0.3) is 0 Å². The summed E-state index contributed by atoms with van der Waals surface area (Å²) in [6, 6.07) is 10.7. The summed E-state index contributed by atoms with van der Waals surface area (Å²) in [5.74, 6) is -2.48. The first kappa shape index (κ1) is 22.4. The second-order valence-corrected chi connectivity index (χ2v) is 8.45. The molecule has 0 unspecified atom stereocenters. The fourth-order valence-corrected chi connectivity index (χ4v) is 5.07. The number of nitrogens with zero attached hydrogens (tertiary/aromatic N) is 2.